The van der Waals surface area contributed by atoms with E-state index in [9.17, 15) is 4.79 Å². The van der Waals surface area contributed by atoms with Crippen LogP contribution in [0.3, 0.4) is 0 Å². The van der Waals surface area contributed by atoms with E-state index in [1.165, 1.54) is 13.4 Å². The van der Waals surface area contributed by atoms with E-state index < -0.39 is 0 Å². The van der Waals surface area contributed by atoms with Gasteiger partial charge in [0, 0.05) is 19.5 Å². The zero-order valence-corrected chi connectivity index (χ0v) is 11.6. The highest BCUT2D eigenvalue weighted by Crippen LogP contribution is 2.25. The minimum Gasteiger partial charge on any atom is -0.490 e. The highest BCUT2D eigenvalue weighted by Gasteiger charge is 2.09. The Labute approximate surface area is 113 Å². The molecular weight excluding hydrogens is 246 g/mol. The molecule has 0 radical (unpaired) electrons. The monoisotopic (exact) mass is 267 g/mol. The number of nitrogens with two attached hydrogens (primary N) is 1. The molecule has 0 aromatic carbocycles. The first kappa shape index (κ1) is 15.0. The second-order valence-electron chi connectivity index (χ2n) is 4.52. The molecule has 0 atom stereocenters. The number of hydrogen-bond donors (Lipinski definition) is 3. The number of aromatic nitrogens is 2. The number of nitrogen functional groups attached to an aromatic ring is 1. The summed E-state index contributed by atoms with van der Waals surface area (Å²) in [5.41, 5.74) is 5.65. The predicted molar refractivity (Wildman–Crippen MR) is 74.0 cm³/mol. The van der Waals surface area contributed by atoms with Crippen molar-refractivity contribution in [3.05, 3.63) is 6.33 Å². The van der Waals surface area contributed by atoms with Crippen LogP contribution in [0.25, 0.3) is 0 Å². The Bertz CT molecular complexity index is 423. The summed E-state index contributed by atoms with van der Waals surface area (Å²) in [5.74, 6) is 1.60. The number of carbonyl (C=O) groups excluding carboxylic acids is 1. The lowest BCUT2D eigenvalue weighted by molar-refractivity contribution is -0.120. The lowest BCUT2D eigenvalue weighted by Crippen LogP contribution is -2.28. The molecule has 1 aromatic heterocycles. The van der Waals surface area contributed by atoms with Crippen LogP contribution < -0.4 is 21.1 Å². The Hall–Kier alpha value is -2.05. The van der Waals surface area contributed by atoms with Gasteiger partial charge >= 0.3 is 0 Å². The Morgan fingerprint density at radius 3 is 2.84 bits per heavy atom. The maximum absolute atomic E-state index is 11.5. The van der Waals surface area contributed by atoms with Gasteiger partial charge in [-0.15, -0.1) is 0 Å². The van der Waals surface area contributed by atoms with Gasteiger partial charge in [0.15, 0.2) is 11.6 Å². The summed E-state index contributed by atoms with van der Waals surface area (Å²) in [6.45, 7) is 5.24. The van der Waals surface area contributed by atoms with Crippen molar-refractivity contribution in [3.8, 4) is 5.75 Å². The highest BCUT2D eigenvalue weighted by molar-refractivity contribution is 5.76. The number of rotatable bonds is 7. The normalized spacial score (nSPS) is 10.3. The second-order valence-corrected chi connectivity index (χ2v) is 4.52. The molecule has 1 heterocycles. The summed E-state index contributed by atoms with van der Waals surface area (Å²) in [4.78, 5) is 19.4. The van der Waals surface area contributed by atoms with Crippen LogP contribution in [0.5, 0.6) is 5.75 Å². The van der Waals surface area contributed by atoms with Crippen molar-refractivity contribution >= 4 is 17.5 Å². The molecule has 4 N–H and O–H groups in total. The maximum Gasteiger partial charge on any atom is 0.221 e. The Morgan fingerprint density at radius 1 is 1.47 bits per heavy atom. The second kappa shape index (κ2) is 7.40. The first-order valence-electron chi connectivity index (χ1n) is 6.19. The fraction of sp³-hybridized carbons (Fsp3) is 0.583. The molecule has 0 aliphatic carbocycles. The summed E-state index contributed by atoms with van der Waals surface area (Å²) in [7, 11) is 1.50. The smallest absolute Gasteiger partial charge is 0.221 e. The fourth-order valence-electron chi connectivity index (χ4n) is 1.42. The van der Waals surface area contributed by atoms with E-state index in [-0.39, 0.29) is 11.7 Å². The molecule has 0 saturated heterocycles. The van der Waals surface area contributed by atoms with Crippen LogP contribution in [0, 0.1) is 5.92 Å². The average Bonchev–Trinajstić information content (AvgIpc) is 2.36. The number of amides is 1. The van der Waals surface area contributed by atoms with E-state index in [0.29, 0.717) is 37.0 Å². The van der Waals surface area contributed by atoms with Crippen LogP contribution in [0.1, 0.15) is 20.3 Å². The van der Waals surface area contributed by atoms with Crippen LogP contribution in [0.15, 0.2) is 6.33 Å². The molecule has 7 nitrogen and oxygen atoms in total. The average molecular weight is 267 g/mol. The third-order valence-corrected chi connectivity index (χ3v) is 2.39. The molecule has 1 amide bonds. The molecule has 0 fully saturated rings. The number of nitrogens with one attached hydrogen (secondary N) is 2. The van der Waals surface area contributed by atoms with Crippen molar-refractivity contribution in [3.63, 3.8) is 0 Å². The number of hydrogen-bond acceptors (Lipinski definition) is 6. The van der Waals surface area contributed by atoms with Gasteiger partial charge in [-0.2, -0.15) is 0 Å². The van der Waals surface area contributed by atoms with Gasteiger partial charge in [0.25, 0.3) is 0 Å². The third-order valence-electron chi connectivity index (χ3n) is 2.39. The number of ether oxygens (including phenoxy) is 1. The van der Waals surface area contributed by atoms with E-state index in [0.717, 1.165) is 0 Å². The van der Waals surface area contributed by atoms with Crippen LogP contribution in [-0.2, 0) is 4.79 Å². The molecule has 0 aliphatic heterocycles. The largest absolute Gasteiger partial charge is 0.490 e. The summed E-state index contributed by atoms with van der Waals surface area (Å²) in [5, 5.41) is 5.85. The molecule has 0 saturated carbocycles. The number of anilines is 2. The van der Waals surface area contributed by atoms with Gasteiger partial charge < -0.3 is 21.1 Å². The number of carbonyl (C=O) groups is 1. The van der Waals surface area contributed by atoms with Crippen LogP contribution in [0.4, 0.5) is 11.6 Å². The van der Waals surface area contributed by atoms with E-state index in [4.69, 9.17) is 10.5 Å². The van der Waals surface area contributed by atoms with E-state index in [1.54, 1.807) is 0 Å². The molecule has 19 heavy (non-hydrogen) atoms. The van der Waals surface area contributed by atoms with E-state index in [2.05, 4.69) is 20.6 Å². The van der Waals surface area contributed by atoms with E-state index >= 15 is 0 Å². The van der Waals surface area contributed by atoms with Crippen molar-refractivity contribution in [1.29, 1.82) is 0 Å². The van der Waals surface area contributed by atoms with Gasteiger partial charge in [-0.25, -0.2) is 9.97 Å². The molecule has 0 spiro atoms. The quantitative estimate of drug-likeness (QED) is 0.670. The summed E-state index contributed by atoms with van der Waals surface area (Å²) >= 11 is 0. The molecule has 0 bridgehead atoms. The maximum atomic E-state index is 11.5. The minimum atomic E-state index is 0.00203. The summed E-state index contributed by atoms with van der Waals surface area (Å²) in [6, 6.07) is 0. The topological polar surface area (TPSA) is 102 Å². The molecule has 1 aromatic rings. The van der Waals surface area contributed by atoms with Crippen LogP contribution >= 0.6 is 0 Å². The Balaban J connectivity index is 2.41. The van der Waals surface area contributed by atoms with Gasteiger partial charge in [-0.05, 0) is 5.92 Å². The summed E-state index contributed by atoms with van der Waals surface area (Å²) in [6.07, 6.45) is 1.71. The minimum absolute atomic E-state index is 0.00203. The fourth-order valence-corrected chi connectivity index (χ4v) is 1.42. The van der Waals surface area contributed by atoms with Gasteiger partial charge in [-0.3, -0.25) is 4.79 Å². The SMILES string of the molecule is COc1c(N)ncnc1NCCC(=O)NCC(C)C. The number of nitrogens with zero attached hydrogens (tertiary/aromatic N) is 2. The molecule has 106 valence electrons. The first-order chi connectivity index (χ1) is 9.04. The number of methoxy groups -OCH3 is 1. The zero-order valence-electron chi connectivity index (χ0n) is 11.6. The van der Waals surface area contributed by atoms with Gasteiger partial charge in [0.1, 0.15) is 6.33 Å². The zero-order chi connectivity index (χ0) is 14.3. The molecule has 7 heteroatoms. The van der Waals surface area contributed by atoms with E-state index in [1.807, 2.05) is 13.8 Å². The highest BCUT2D eigenvalue weighted by atomic mass is 16.5. The van der Waals surface area contributed by atoms with Gasteiger partial charge in [-0.1, -0.05) is 13.8 Å². The molecule has 0 unspecified atom stereocenters. The lowest BCUT2D eigenvalue weighted by atomic mass is 10.2. The standard InChI is InChI=1S/C12H21N5O2/c1-8(2)6-15-9(18)4-5-14-12-10(19-3)11(13)16-7-17-12/h7-8H,4-6H2,1-3H3,(H,15,18)(H3,13,14,16,17). The van der Waals surface area contributed by atoms with Crippen LogP contribution in [-0.4, -0.2) is 36.1 Å². The Morgan fingerprint density at radius 2 is 2.21 bits per heavy atom. The predicted octanol–water partition coefficient (Wildman–Crippen LogP) is 0.642. The van der Waals surface area contributed by atoms with Crippen molar-refractivity contribution in [2.45, 2.75) is 20.3 Å². The third kappa shape index (κ3) is 4.99. The first-order valence-corrected chi connectivity index (χ1v) is 6.19. The van der Waals surface area contributed by atoms with Crippen molar-refractivity contribution in [2.75, 3.05) is 31.2 Å². The molecule has 1 rings (SSSR count). The van der Waals surface area contributed by atoms with Gasteiger partial charge in [0.05, 0.1) is 7.11 Å². The van der Waals surface area contributed by atoms with Crippen molar-refractivity contribution < 1.29 is 9.53 Å². The van der Waals surface area contributed by atoms with Gasteiger partial charge in [0.2, 0.25) is 11.7 Å². The van der Waals surface area contributed by atoms with Crippen molar-refractivity contribution in [1.82, 2.24) is 15.3 Å². The molecule has 0 aliphatic rings. The lowest BCUT2D eigenvalue weighted by Gasteiger charge is -2.11. The Kier molecular flexibility index (Phi) is 5.84. The summed E-state index contributed by atoms with van der Waals surface area (Å²) < 4.78 is 5.10. The van der Waals surface area contributed by atoms with Crippen molar-refractivity contribution in [2.24, 2.45) is 5.92 Å². The van der Waals surface area contributed by atoms with Crippen LogP contribution in [0.2, 0.25) is 0 Å². The molecular formula is C12H21N5O2.